The van der Waals surface area contributed by atoms with Crippen molar-refractivity contribution in [3.8, 4) is 0 Å². The summed E-state index contributed by atoms with van der Waals surface area (Å²) in [6, 6.07) is 3.90. The fraction of sp³-hybridized carbons (Fsp3) is 0. The first-order valence-corrected chi connectivity index (χ1v) is 3.68. The molecule has 0 atom stereocenters. The predicted octanol–water partition coefficient (Wildman–Crippen LogP) is 1.95. The Bertz CT molecular complexity index is 381. The number of halogens is 2. The number of nitrogens with one attached hydrogen (secondary N) is 1. The van der Waals surface area contributed by atoms with Crippen LogP contribution >= 0.6 is 24.0 Å². The van der Waals surface area contributed by atoms with E-state index in [1.807, 2.05) is 0 Å². The predicted molar refractivity (Wildman–Crippen MR) is 56.4 cm³/mol. The van der Waals surface area contributed by atoms with Crippen LogP contribution < -0.4 is 5.73 Å². The Morgan fingerprint density at radius 2 is 2.14 bits per heavy atom. The summed E-state index contributed by atoms with van der Waals surface area (Å²) in [7, 11) is 0. The molecule has 0 saturated heterocycles. The zero-order valence-electron chi connectivity index (χ0n) is 6.86. The van der Waals surface area contributed by atoms with Gasteiger partial charge < -0.3 is 5.73 Å². The Kier molecular flexibility index (Phi) is 4.33. The van der Waals surface area contributed by atoms with E-state index in [0.717, 1.165) is 0 Å². The minimum absolute atomic E-state index is 0. The lowest BCUT2D eigenvalue weighted by molar-refractivity contribution is -0.385. The number of nitro benzene ring substituents is 1. The van der Waals surface area contributed by atoms with E-state index in [1.165, 1.54) is 18.2 Å². The van der Waals surface area contributed by atoms with Gasteiger partial charge in [-0.3, -0.25) is 15.5 Å². The average Bonchev–Trinajstić information content (AvgIpc) is 2.03. The Morgan fingerprint density at radius 3 is 2.57 bits per heavy atom. The summed E-state index contributed by atoms with van der Waals surface area (Å²) in [6.45, 7) is 0. The van der Waals surface area contributed by atoms with Gasteiger partial charge in [0.15, 0.2) is 0 Å². The van der Waals surface area contributed by atoms with Crippen molar-refractivity contribution in [1.29, 1.82) is 5.41 Å². The summed E-state index contributed by atoms with van der Waals surface area (Å²) in [5.41, 5.74) is 4.97. The molecule has 76 valence electrons. The van der Waals surface area contributed by atoms with E-state index in [1.54, 1.807) is 0 Å². The van der Waals surface area contributed by atoms with Crippen molar-refractivity contribution in [1.82, 2.24) is 0 Å². The van der Waals surface area contributed by atoms with Crippen LogP contribution in [0.3, 0.4) is 0 Å². The maximum absolute atomic E-state index is 10.4. The fourth-order valence-corrected chi connectivity index (χ4v) is 1.06. The highest BCUT2D eigenvalue weighted by Crippen LogP contribution is 2.21. The first kappa shape index (κ1) is 12.7. The van der Waals surface area contributed by atoms with Gasteiger partial charge in [0, 0.05) is 11.1 Å². The number of hydrogen-bond donors (Lipinski definition) is 2. The molecule has 1 aromatic rings. The van der Waals surface area contributed by atoms with Gasteiger partial charge in [-0.2, -0.15) is 0 Å². The van der Waals surface area contributed by atoms with E-state index in [-0.39, 0.29) is 29.5 Å². The van der Waals surface area contributed by atoms with Gasteiger partial charge in [-0.15, -0.1) is 12.4 Å². The average molecular weight is 236 g/mol. The van der Waals surface area contributed by atoms with Crippen LogP contribution in [0.5, 0.6) is 0 Å². The van der Waals surface area contributed by atoms with E-state index in [0.29, 0.717) is 5.02 Å². The first-order chi connectivity index (χ1) is 6.02. The molecule has 1 aromatic carbocycles. The van der Waals surface area contributed by atoms with E-state index < -0.39 is 4.92 Å². The number of amidine groups is 1. The smallest absolute Gasteiger partial charge is 0.280 e. The number of nitro groups is 1. The summed E-state index contributed by atoms with van der Waals surface area (Å²) in [5, 5.41) is 17.8. The van der Waals surface area contributed by atoms with Crippen molar-refractivity contribution in [2.24, 2.45) is 5.73 Å². The topological polar surface area (TPSA) is 93.0 Å². The van der Waals surface area contributed by atoms with Crippen LogP contribution in [0.15, 0.2) is 18.2 Å². The molecule has 1 rings (SSSR count). The monoisotopic (exact) mass is 235 g/mol. The minimum Gasteiger partial charge on any atom is -0.383 e. The second-order valence-electron chi connectivity index (χ2n) is 2.33. The summed E-state index contributed by atoms with van der Waals surface area (Å²) < 4.78 is 0. The van der Waals surface area contributed by atoms with Crippen molar-refractivity contribution in [3.05, 3.63) is 38.9 Å². The lowest BCUT2D eigenvalue weighted by Gasteiger charge is -2.00. The van der Waals surface area contributed by atoms with Crippen LogP contribution in [-0.4, -0.2) is 10.8 Å². The van der Waals surface area contributed by atoms with Crippen LogP contribution in [-0.2, 0) is 0 Å². The van der Waals surface area contributed by atoms with Crippen molar-refractivity contribution in [2.75, 3.05) is 0 Å². The van der Waals surface area contributed by atoms with E-state index in [9.17, 15) is 10.1 Å². The van der Waals surface area contributed by atoms with Gasteiger partial charge in [-0.05, 0) is 12.1 Å². The van der Waals surface area contributed by atoms with E-state index in [2.05, 4.69) is 0 Å². The van der Waals surface area contributed by atoms with Crippen LogP contribution in [0.1, 0.15) is 5.56 Å². The molecule has 0 heterocycles. The van der Waals surface area contributed by atoms with Gasteiger partial charge in [0.1, 0.15) is 5.84 Å². The maximum atomic E-state index is 10.4. The molecule has 0 fully saturated rings. The molecule has 0 aliphatic heterocycles. The fourth-order valence-electron chi connectivity index (χ4n) is 0.883. The molecule has 0 radical (unpaired) electrons. The third-order valence-electron chi connectivity index (χ3n) is 1.45. The number of rotatable bonds is 2. The Morgan fingerprint density at radius 1 is 1.57 bits per heavy atom. The lowest BCUT2D eigenvalue weighted by atomic mass is 10.1. The molecule has 5 nitrogen and oxygen atoms in total. The highest BCUT2D eigenvalue weighted by Gasteiger charge is 2.15. The number of nitrogens with zero attached hydrogens (tertiary/aromatic N) is 1. The molecule has 0 amide bonds. The van der Waals surface area contributed by atoms with Gasteiger partial charge in [0.2, 0.25) is 0 Å². The van der Waals surface area contributed by atoms with Crippen LogP contribution in [0.4, 0.5) is 5.69 Å². The summed E-state index contributed by atoms with van der Waals surface area (Å²) in [5.74, 6) is -0.366. The van der Waals surface area contributed by atoms with Gasteiger partial charge in [-0.1, -0.05) is 11.6 Å². The second kappa shape index (κ2) is 4.78. The first-order valence-electron chi connectivity index (χ1n) is 3.30. The minimum atomic E-state index is -0.604. The van der Waals surface area contributed by atoms with Gasteiger partial charge in [0.05, 0.1) is 10.5 Å². The molecule has 14 heavy (non-hydrogen) atoms. The van der Waals surface area contributed by atoms with Crippen LogP contribution in [0, 0.1) is 15.5 Å². The highest BCUT2D eigenvalue weighted by atomic mass is 35.5. The molecular weight excluding hydrogens is 229 g/mol. The maximum Gasteiger partial charge on any atom is 0.280 e. The Hall–Kier alpha value is -1.33. The zero-order chi connectivity index (χ0) is 10.0. The highest BCUT2D eigenvalue weighted by molar-refractivity contribution is 6.31. The third-order valence-corrected chi connectivity index (χ3v) is 1.68. The van der Waals surface area contributed by atoms with Crippen LogP contribution in [0.2, 0.25) is 5.02 Å². The van der Waals surface area contributed by atoms with Crippen molar-refractivity contribution in [2.45, 2.75) is 0 Å². The molecule has 3 N–H and O–H groups in total. The molecule has 0 bridgehead atoms. The van der Waals surface area contributed by atoms with Crippen molar-refractivity contribution >= 4 is 35.5 Å². The number of nitrogen functional groups attached to an aromatic ring is 1. The van der Waals surface area contributed by atoms with Crippen LogP contribution in [0.25, 0.3) is 0 Å². The molecule has 0 saturated carbocycles. The van der Waals surface area contributed by atoms with E-state index in [4.69, 9.17) is 22.7 Å². The molecular formula is C7H7Cl2N3O2. The summed E-state index contributed by atoms with van der Waals surface area (Å²) >= 11 is 5.59. The number of benzene rings is 1. The molecule has 0 aliphatic carbocycles. The Balaban J connectivity index is 0.00000169. The number of nitrogens with two attached hydrogens (primary N) is 1. The summed E-state index contributed by atoms with van der Waals surface area (Å²) in [6.07, 6.45) is 0. The van der Waals surface area contributed by atoms with Gasteiger partial charge >= 0.3 is 0 Å². The quantitative estimate of drug-likeness (QED) is 0.355. The third kappa shape index (κ3) is 2.58. The van der Waals surface area contributed by atoms with Gasteiger partial charge in [-0.25, -0.2) is 0 Å². The molecule has 0 aliphatic rings. The van der Waals surface area contributed by atoms with Gasteiger partial charge in [0.25, 0.3) is 5.69 Å². The normalized spacial score (nSPS) is 8.93. The molecule has 0 aromatic heterocycles. The molecule has 0 spiro atoms. The lowest BCUT2D eigenvalue weighted by Crippen LogP contribution is -2.13. The zero-order valence-corrected chi connectivity index (χ0v) is 8.43. The van der Waals surface area contributed by atoms with Crippen molar-refractivity contribution in [3.63, 3.8) is 0 Å². The number of hydrogen-bond acceptors (Lipinski definition) is 3. The molecule has 0 unspecified atom stereocenters. The second-order valence-corrected chi connectivity index (χ2v) is 2.77. The Labute approximate surface area is 90.9 Å². The SMILES string of the molecule is Cl.N=C(N)c1cc(Cl)ccc1[N+](=O)[O-]. The van der Waals surface area contributed by atoms with E-state index >= 15 is 0 Å². The standard InChI is InChI=1S/C7H6ClN3O2.ClH/c8-4-1-2-6(11(12)13)5(3-4)7(9)10;/h1-3H,(H3,9,10);1H. The largest absolute Gasteiger partial charge is 0.383 e. The summed E-state index contributed by atoms with van der Waals surface area (Å²) in [4.78, 5) is 9.84. The van der Waals surface area contributed by atoms with Crippen molar-refractivity contribution < 1.29 is 4.92 Å². The molecule has 7 heteroatoms.